The van der Waals surface area contributed by atoms with Crippen LogP contribution in [0.5, 0.6) is 5.75 Å². The molecule has 8 rings (SSSR count). The number of ketones is 1. The Morgan fingerprint density at radius 2 is 1.36 bits per heavy atom. The van der Waals surface area contributed by atoms with Gasteiger partial charge in [-0.05, 0) is 145 Å². The van der Waals surface area contributed by atoms with Crippen molar-refractivity contribution in [1.82, 2.24) is 0 Å². The van der Waals surface area contributed by atoms with Crippen LogP contribution >= 0.6 is 0 Å². The van der Waals surface area contributed by atoms with Gasteiger partial charge in [0.25, 0.3) is 0 Å². The molecule has 0 bridgehead atoms. The molecule has 0 spiro atoms. The van der Waals surface area contributed by atoms with Crippen molar-refractivity contribution in [3.05, 3.63) is 149 Å². The van der Waals surface area contributed by atoms with E-state index in [-0.39, 0.29) is 63.7 Å². The topological polar surface area (TPSA) is 149 Å². The first-order chi connectivity index (χ1) is 34.4. The van der Waals surface area contributed by atoms with Crippen LogP contribution in [0.1, 0.15) is 138 Å². The van der Waals surface area contributed by atoms with Crippen LogP contribution in [0.3, 0.4) is 0 Å². The first kappa shape index (κ1) is 51.9. The number of methoxy groups -OCH3 is 1. The van der Waals surface area contributed by atoms with Gasteiger partial charge < -0.3 is 24.1 Å². The van der Waals surface area contributed by atoms with Crippen molar-refractivity contribution in [2.45, 2.75) is 123 Å². The number of hydrogen-bond donors (Lipinski definition) is 1. The zero-order valence-electron chi connectivity index (χ0n) is 43.0. The minimum atomic E-state index is -0.635. The summed E-state index contributed by atoms with van der Waals surface area (Å²) >= 11 is 0. The van der Waals surface area contributed by atoms with Gasteiger partial charge in [-0.1, -0.05) is 126 Å². The molecule has 4 saturated carbocycles. The minimum absolute atomic E-state index is 0.00623. The van der Waals surface area contributed by atoms with Crippen molar-refractivity contribution in [1.29, 1.82) is 5.26 Å². The zero-order valence-corrected chi connectivity index (χ0v) is 43.0. The van der Waals surface area contributed by atoms with Gasteiger partial charge in [0.1, 0.15) is 35.4 Å². The van der Waals surface area contributed by atoms with Crippen LogP contribution in [0.15, 0.2) is 121 Å². The Bertz CT molecular complexity index is 2650. The molecule has 4 aliphatic rings. The molecule has 4 aromatic carbocycles. The minimum Gasteiger partial charge on any atom is -0.507 e. The SMILES string of the molecule is COC(=O)CCC(C)C1CC[C@H]2[C@@H]3C(CCC12C)C1(C)CCC(OC(=O)C(C#N)=C(c2ccccc2)c2ccccc2)C[C@@H]1C[C@@H]3OC(=O)COc1ccc(C(O)=CC(=O)c2ccc(C(C)(C)C)cc2)cc1. The molecule has 4 aliphatic carbocycles. The van der Waals surface area contributed by atoms with E-state index in [9.17, 15) is 29.5 Å². The molecule has 4 aromatic rings. The van der Waals surface area contributed by atoms with Crippen LogP contribution < -0.4 is 4.74 Å². The Labute approximate surface area is 425 Å². The maximum absolute atomic E-state index is 14.2. The molecule has 4 fully saturated rings. The average Bonchev–Trinajstić information content (AvgIpc) is 3.74. The second kappa shape index (κ2) is 21.7. The fourth-order valence-corrected chi connectivity index (χ4v) is 13.6. The number of esters is 3. The number of carbonyl (C=O) groups excluding carboxylic acids is 4. The summed E-state index contributed by atoms with van der Waals surface area (Å²) in [4.78, 5) is 53.5. The molecule has 378 valence electrons. The van der Waals surface area contributed by atoms with E-state index < -0.39 is 24.1 Å². The lowest BCUT2D eigenvalue weighted by Gasteiger charge is -2.62. The number of allylic oxidation sites excluding steroid dienone is 1. The summed E-state index contributed by atoms with van der Waals surface area (Å²) in [5, 5.41) is 21.4. The number of carbonyl (C=O) groups is 4. The normalized spacial score (nSPS) is 27.1. The van der Waals surface area contributed by atoms with Crippen LogP contribution in [0, 0.1) is 57.7 Å². The molecule has 10 atom stereocenters. The molecule has 0 aliphatic heterocycles. The lowest BCUT2D eigenvalue weighted by atomic mass is 9.43. The van der Waals surface area contributed by atoms with Gasteiger partial charge in [-0.3, -0.25) is 9.59 Å². The fraction of sp³-hybridized carbons (Fsp3) is 0.468. The molecular weight excluding hydrogens is 903 g/mol. The zero-order chi connectivity index (χ0) is 51.4. The number of benzene rings is 4. The van der Waals surface area contributed by atoms with Crippen molar-refractivity contribution in [2.75, 3.05) is 13.7 Å². The smallest absolute Gasteiger partial charge is 0.349 e. The molecular formula is C62H71NO9. The summed E-state index contributed by atoms with van der Waals surface area (Å²) in [6.07, 6.45) is 8.41. The first-order valence-electron chi connectivity index (χ1n) is 25.9. The largest absolute Gasteiger partial charge is 0.507 e. The van der Waals surface area contributed by atoms with E-state index in [0.29, 0.717) is 65.9 Å². The molecule has 10 heteroatoms. The Hall–Kier alpha value is -6.47. The van der Waals surface area contributed by atoms with Gasteiger partial charge in [0.05, 0.1) is 7.11 Å². The number of nitriles is 1. The maximum atomic E-state index is 14.2. The summed E-state index contributed by atoms with van der Waals surface area (Å²) < 4.78 is 24.0. The molecule has 0 radical (unpaired) electrons. The van der Waals surface area contributed by atoms with E-state index in [4.69, 9.17) is 18.9 Å². The summed E-state index contributed by atoms with van der Waals surface area (Å²) in [6, 6.07) is 35.2. The summed E-state index contributed by atoms with van der Waals surface area (Å²) in [5.41, 5.74) is 3.91. The predicted octanol–water partition coefficient (Wildman–Crippen LogP) is 12.9. The molecule has 1 N–H and O–H groups in total. The number of ether oxygens (including phenoxy) is 4. The van der Waals surface area contributed by atoms with E-state index in [1.807, 2.05) is 72.8 Å². The van der Waals surface area contributed by atoms with Crippen LogP contribution in [-0.2, 0) is 34.0 Å². The second-order valence-corrected chi connectivity index (χ2v) is 22.5. The second-order valence-electron chi connectivity index (χ2n) is 22.5. The lowest BCUT2D eigenvalue weighted by Crippen LogP contribution is -2.59. The standard InChI is InChI=1S/C62H71NO9/c1-39(18-29-55(66)69-7)49-27-28-50-58-51(31-33-62(49,50)6)61(5)32-30-47(71-59(68)48(37-63)57(42-14-10-8-11-15-42)43-16-12-9-13-17-43)34-45(61)35-54(58)72-56(67)38-70-46-25-21-41(22-26-46)53(65)36-52(64)40-19-23-44(24-20-40)60(2,3)4/h8-17,19-26,36,39,45,47,49-51,54,58,65H,18,27-35,38H2,1-7H3/t39?,45-,47?,49?,50+,51?,54+,58-,61?,62?/m1/s1. The fourth-order valence-electron chi connectivity index (χ4n) is 13.6. The molecule has 6 unspecified atom stereocenters. The molecule has 0 aromatic heterocycles. The number of nitrogens with zero attached hydrogens (tertiary/aromatic N) is 1. The van der Waals surface area contributed by atoms with Gasteiger partial charge in [0, 0.05) is 35.1 Å². The van der Waals surface area contributed by atoms with Gasteiger partial charge in [-0.25, -0.2) is 9.59 Å². The van der Waals surface area contributed by atoms with Crippen molar-refractivity contribution in [3.63, 3.8) is 0 Å². The third kappa shape index (κ3) is 11.0. The highest BCUT2D eigenvalue weighted by Crippen LogP contribution is 2.69. The average molecular weight is 974 g/mol. The Balaban J connectivity index is 0.992. The summed E-state index contributed by atoms with van der Waals surface area (Å²) in [7, 11) is 1.44. The Morgan fingerprint density at radius 3 is 1.97 bits per heavy atom. The van der Waals surface area contributed by atoms with Crippen molar-refractivity contribution >= 4 is 35.0 Å². The molecule has 0 saturated heterocycles. The van der Waals surface area contributed by atoms with Gasteiger partial charge in [0.15, 0.2) is 12.4 Å². The van der Waals surface area contributed by atoms with E-state index in [2.05, 4.69) is 47.6 Å². The van der Waals surface area contributed by atoms with Gasteiger partial charge in [0.2, 0.25) is 0 Å². The van der Waals surface area contributed by atoms with Gasteiger partial charge in [-0.2, -0.15) is 5.26 Å². The van der Waals surface area contributed by atoms with E-state index in [1.165, 1.54) is 13.2 Å². The number of aliphatic hydroxyl groups excluding tert-OH is 1. The van der Waals surface area contributed by atoms with Crippen LogP contribution in [-0.4, -0.2) is 54.7 Å². The highest BCUT2D eigenvalue weighted by molar-refractivity contribution is 6.08. The van der Waals surface area contributed by atoms with Crippen molar-refractivity contribution < 1.29 is 43.2 Å². The van der Waals surface area contributed by atoms with E-state index in [1.54, 1.807) is 36.4 Å². The molecule has 0 heterocycles. The van der Waals surface area contributed by atoms with E-state index >= 15 is 0 Å². The highest BCUT2D eigenvalue weighted by Gasteiger charge is 2.64. The molecule has 10 nitrogen and oxygen atoms in total. The van der Waals surface area contributed by atoms with Crippen molar-refractivity contribution in [3.8, 4) is 11.8 Å². The van der Waals surface area contributed by atoms with Crippen LogP contribution in [0.2, 0.25) is 0 Å². The summed E-state index contributed by atoms with van der Waals surface area (Å²) in [6.45, 7) is 13.1. The third-order valence-corrected chi connectivity index (χ3v) is 17.5. The lowest BCUT2D eigenvalue weighted by molar-refractivity contribution is -0.199. The number of rotatable bonds is 15. The first-order valence-corrected chi connectivity index (χ1v) is 25.9. The van der Waals surface area contributed by atoms with E-state index in [0.717, 1.165) is 55.2 Å². The molecule has 72 heavy (non-hydrogen) atoms. The number of fused-ring (bicyclic) bond motifs is 5. The summed E-state index contributed by atoms with van der Waals surface area (Å²) in [5.74, 6) is 0.171. The number of aliphatic hydroxyl groups is 1. The number of hydrogen-bond acceptors (Lipinski definition) is 10. The predicted molar refractivity (Wildman–Crippen MR) is 277 cm³/mol. The Morgan fingerprint density at radius 1 is 0.750 bits per heavy atom. The van der Waals surface area contributed by atoms with Gasteiger partial charge in [-0.15, -0.1) is 0 Å². The van der Waals surface area contributed by atoms with Crippen LogP contribution in [0.25, 0.3) is 11.3 Å². The Kier molecular flexibility index (Phi) is 15.6. The third-order valence-electron chi connectivity index (χ3n) is 17.5. The van der Waals surface area contributed by atoms with Crippen LogP contribution in [0.4, 0.5) is 0 Å². The highest BCUT2D eigenvalue weighted by atomic mass is 16.6. The molecule has 0 amide bonds. The monoisotopic (exact) mass is 974 g/mol. The van der Waals surface area contributed by atoms with Gasteiger partial charge >= 0.3 is 17.9 Å². The quantitative estimate of drug-likeness (QED) is 0.0305. The maximum Gasteiger partial charge on any atom is 0.349 e. The van der Waals surface area contributed by atoms with Crippen molar-refractivity contribution in [2.24, 2.45) is 46.3 Å².